The molecule has 1 N–H and O–H groups in total. The van der Waals surface area contributed by atoms with Crippen LogP contribution in [0, 0.1) is 0 Å². The molecule has 2 heterocycles. The van der Waals surface area contributed by atoms with Crippen molar-refractivity contribution in [3.63, 3.8) is 0 Å². The summed E-state index contributed by atoms with van der Waals surface area (Å²) in [4.78, 5) is 36.4. The molecule has 1 aromatic heterocycles. The quantitative estimate of drug-likeness (QED) is 0.678. The molecule has 0 radical (unpaired) electrons. The number of nitrogens with one attached hydrogen (secondary N) is 1. The molecule has 6 heteroatoms. The molecule has 2 aromatic rings. The number of urea groups is 1. The predicted molar refractivity (Wildman–Crippen MR) is 81.9 cm³/mol. The Hall–Kier alpha value is -2.89. The summed E-state index contributed by atoms with van der Waals surface area (Å²) in [7, 11) is 1.34. The highest BCUT2D eigenvalue weighted by atomic mass is 16.2. The number of barbiturate groups is 1. The van der Waals surface area contributed by atoms with E-state index in [1.165, 1.54) is 13.1 Å². The number of rotatable bonds is 2. The van der Waals surface area contributed by atoms with Gasteiger partial charge in [-0.05, 0) is 19.1 Å². The van der Waals surface area contributed by atoms with Crippen molar-refractivity contribution in [2.75, 3.05) is 7.05 Å². The third-order valence-electron chi connectivity index (χ3n) is 3.76. The summed E-state index contributed by atoms with van der Waals surface area (Å²) < 4.78 is 2.04. The zero-order chi connectivity index (χ0) is 15.9. The van der Waals surface area contributed by atoms with E-state index in [9.17, 15) is 14.4 Å². The van der Waals surface area contributed by atoms with Gasteiger partial charge in [-0.1, -0.05) is 18.2 Å². The molecule has 0 bridgehead atoms. The summed E-state index contributed by atoms with van der Waals surface area (Å²) in [6.07, 6.45) is 3.43. The van der Waals surface area contributed by atoms with Crippen LogP contribution >= 0.6 is 0 Å². The number of benzene rings is 1. The van der Waals surface area contributed by atoms with Gasteiger partial charge in [0.25, 0.3) is 11.8 Å². The van der Waals surface area contributed by atoms with E-state index in [0.29, 0.717) is 0 Å². The van der Waals surface area contributed by atoms with Gasteiger partial charge in [0.1, 0.15) is 5.57 Å². The van der Waals surface area contributed by atoms with Gasteiger partial charge in [-0.3, -0.25) is 19.8 Å². The van der Waals surface area contributed by atoms with Gasteiger partial charge in [0.05, 0.1) is 0 Å². The monoisotopic (exact) mass is 297 g/mol. The standard InChI is InChI=1S/C16H15N3O3/c1-3-19-9-10(11-6-4-5-7-13(11)19)8-12-14(20)17-16(22)18(2)15(12)21/h4-9H,3H2,1-2H3,(H,17,20,22). The number of aromatic nitrogens is 1. The van der Waals surface area contributed by atoms with Crippen molar-refractivity contribution in [2.24, 2.45) is 0 Å². The van der Waals surface area contributed by atoms with Crippen LogP contribution in [0.2, 0.25) is 0 Å². The lowest BCUT2D eigenvalue weighted by Gasteiger charge is -2.22. The summed E-state index contributed by atoms with van der Waals surface area (Å²) in [5.74, 6) is -1.26. The molecule has 0 unspecified atom stereocenters. The third-order valence-corrected chi connectivity index (χ3v) is 3.76. The Morgan fingerprint density at radius 2 is 1.91 bits per heavy atom. The highest BCUT2D eigenvalue weighted by Gasteiger charge is 2.33. The van der Waals surface area contributed by atoms with E-state index in [1.807, 2.05) is 42.0 Å². The van der Waals surface area contributed by atoms with Crippen molar-refractivity contribution >= 4 is 34.8 Å². The number of amides is 4. The fourth-order valence-electron chi connectivity index (χ4n) is 2.55. The number of para-hydroxylation sites is 1. The first-order valence-electron chi connectivity index (χ1n) is 6.96. The Morgan fingerprint density at radius 3 is 2.64 bits per heavy atom. The lowest BCUT2D eigenvalue weighted by Crippen LogP contribution is -2.52. The average Bonchev–Trinajstić information content (AvgIpc) is 2.87. The topological polar surface area (TPSA) is 71.4 Å². The van der Waals surface area contributed by atoms with Crippen molar-refractivity contribution < 1.29 is 14.4 Å². The minimum absolute atomic E-state index is 0.0406. The van der Waals surface area contributed by atoms with Gasteiger partial charge in [0, 0.05) is 36.3 Å². The van der Waals surface area contributed by atoms with Gasteiger partial charge in [-0.15, -0.1) is 0 Å². The van der Waals surface area contributed by atoms with Crippen molar-refractivity contribution in [3.8, 4) is 0 Å². The van der Waals surface area contributed by atoms with Crippen LogP contribution in [0.3, 0.4) is 0 Å². The molecule has 0 spiro atoms. The molecule has 0 saturated carbocycles. The summed E-state index contributed by atoms with van der Waals surface area (Å²) in [6, 6.07) is 7.06. The summed E-state index contributed by atoms with van der Waals surface area (Å²) in [5.41, 5.74) is 1.77. The largest absolute Gasteiger partial charge is 0.347 e. The summed E-state index contributed by atoms with van der Waals surface area (Å²) >= 11 is 0. The van der Waals surface area contributed by atoms with Gasteiger partial charge < -0.3 is 4.57 Å². The first kappa shape index (κ1) is 14.1. The lowest BCUT2D eigenvalue weighted by atomic mass is 10.1. The first-order valence-corrected chi connectivity index (χ1v) is 6.96. The minimum Gasteiger partial charge on any atom is -0.347 e. The molecule has 3 rings (SSSR count). The molecule has 1 aliphatic heterocycles. The Balaban J connectivity index is 2.14. The van der Waals surface area contributed by atoms with E-state index in [1.54, 1.807) is 0 Å². The predicted octanol–water partition coefficient (Wildman–Crippen LogP) is 1.75. The Bertz CT molecular complexity index is 832. The number of hydrogen-bond donors (Lipinski definition) is 1. The van der Waals surface area contributed by atoms with Gasteiger partial charge in [0.15, 0.2) is 0 Å². The molecule has 1 saturated heterocycles. The molecule has 4 amide bonds. The van der Waals surface area contributed by atoms with Crippen molar-refractivity contribution in [2.45, 2.75) is 13.5 Å². The number of nitrogens with zero attached hydrogens (tertiary/aromatic N) is 2. The van der Waals surface area contributed by atoms with Crippen LogP contribution in [0.4, 0.5) is 4.79 Å². The highest BCUT2D eigenvalue weighted by Crippen LogP contribution is 2.24. The number of fused-ring (bicyclic) bond motifs is 1. The fraction of sp³-hybridized carbons (Fsp3) is 0.188. The molecular weight excluding hydrogens is 282 g/mol. The van der Waals surface area contributed by atoms with Crippen molar-refractivity contribution in [1.29, 1.82) is 0 Å². The number of imide groups is 2. The average molecular weight is 297 g/mol. The molecule has 22 heavy (non-hydrogen) atoms. The molecular formula is C16H15N3O3. The molecule has 112 valence electrons. The van der Waals surface area contributed by atoms with E-state index in [-0.39, 0.29) is 5.57 Å². The molecule has 0 atom stereocenters. The van der Waals surface area contributed by atoms with Crippen LogP contribution < -0.4 is 5.32 Å². The molecule has 1 fully saturated rings. The van der Waals surface area contributed by atoms with Gasteiger partial charge in [-0.25, -0.2) is 4.79 Å². The maximum Gasteiger partial charge on any atom is 0.331 e. The molecule has 1 aliphatic rings. The Labute approximate surface area is 127 Å². The molecule has 6 nitrogen and oxygen atoms in total. The SMILES string of the molecule is CCn1cc(C=C2C(=O)NC(=O)N(C)C2=O)c2ccccc21. The zero-order valence-electron chi connectivity index (χ0n) is 12.3. The van der Waals surface area contributed by atoms with E-state index in [0.717, 1.165) is 27.9 Å². The Kier molecular flexibility index (Phi) is 3.29. The first-order chi connectivity index (χ1) is 10.5. The third kappa shape index (κ3) is 2.09. The number of likely N-dealkylation sites (N-methyl/N-ethyl adjacent to an activating group) is 1. The van der Waals surface area contributed by atoms with Crippen LogP contribution in [-0.4, -0.2) is 34.4 Å². The lowest BCUT2D eigenvalue weighted by molar-refractivity contribution is -0.129. The number of carbonyl (C=O) groups is 3. The summed E-state index contributed by atoms with van der Waals surface area (Å²) in [5, 5.41) is 3.11. The normalized spacial score (nSPS) is 17.5. The Morgan fingerprint density at radius 1 is 1.18 bits per heavy atom. The molecule has 1 aromatic carbocycles. The highest BCUT2D eigenvalue weighted by molar-refractivity contribution is 6.31. The number of carbonyl (C=O) groups excluding carboxylic acids is 3. The van der Waals surface area contributed by atoms with E-state index < -0.39 is 17.8 Å². The fourth-order valence-corrected chi connectivity index (χ4v) is 2.55. The van der Waals surface area contributed by atoms with Gasteiger partial charge in [-0.2, -0.15) is 0 Å². The van der Waals surface area contributed by atoms with E-state index in [4.69, 9.17) is 0 Å². The van der Waals surface area contributed by atoms with Crippen molar-refractivity contribution in [1.82, 2.24) is 14.8 Å². The van der Waals surface area contributed by atoms with Crippen LogP contribution in [0.25, 0.3) is 17.0 Å². The maximum absolute atomic E-state index is 12.1. The van der Waals surface area contributed by atoms with E-state index in [2.05, 4.69) is 5.32 Å². The second kappa shape index (κ2) is 5.14. The molecule has 0 aliphatic carbocycles. The minimum atomic E-state index is -0.705. The second-order valence-electron chi connectivity index (χ2n) is 5.07. The van der Waals surface area contributed by atoms with Gasteiger partial charge in [0.2, 0.25) is 0 Å². The van der Waals surface area contributed by atoms with Crippen LogP contribution in [0.5, 0.6) is 0 Å². The van der Waals surface area contributed by atoms with Gasteiger partial charge >= 0.3 is 6.03 Å². The van der Waals surface area contributed by atoms with Crippen molar-refractivity contribution in [3.05, 3.63) is 41.6 Å². The van der Waals surface area contributed by atoms with Crippen LogP contribution in [0.15, 0.2) is 36.0 Å². The smallest absolute Gasteiger partial charge is 0.331 e. The second-order valence-corrected chi connectivity index (χ2v) is 5.07. The van der Waals surface area contributed by atoms with E-state index >= 15 is 0 Å². The summed E-state index contributed by atoms with van der Waals surface area (Å²) in [6.45, 7) is 2.80. The van der Waals surface area contributed by atoms with Crippen LogP contribution in [0.1, 0.15) is 12.5 Å². The zero-order valence-corrected chi connectivity index (χ0v) is 12.3. The van der Waals surface area contributed by atoms with Crippen LogP contribution in [-0.2, 0) is 16.1 Å². The number of aryl methyl sites for hydroxylation is 1. The number of hydrogen-bond acceptors (Lipinski definition) is 3. The maximum atomic E-state index is 12.1.